The Morgan fingerprint density at radius 3 is 2.64 bits per heavy atom. The molecule has 11 heteroatoms. The fraction of sp³-hybridized carbons (Fsp3) is 0.280. The highest BCUT2D eigenvalue weighted by Gasteiger charge is 2.36. The van der Waals surface area contributed by atoms with Crippen LogP contribution in [0, 0.1) is 12.7 Å². The van der Waals surface area contributed by atoms with Gasteiger partial charge in [0.1, 0.15) is 29.1 Å². The minimum Gasteiger partial charge on any atom is -0.363 e. The van der Waals surface area contributed by atoms with Gasteiger partial charge in [0.25, 0.3) is 0 Å². The first-order valence-corrected chi connectivity index (χ1v) is 11.3. The Hall–Kier alpha value is -4.02. The van der Waals surface area contributed by atoms with Crippen LogP contribution in [0.1, 0.15) is 41.0 Å². The van der Waals surface area contributed by atoms with Gasteiger partial charge in [-0.15, -0.1) is 0 Å². The van der Waals surface area contributed by atoms with Crippen LogP contribution in [-0.2, 0) is 13.2 Å². The topological polar surface area (TPSA) is 75.4 Å². The SMILES string of the molecule is Cc1nc(N[C@H](C)c2cccc(C(F)(F)F)c2F)c2c(n1)N1CCN=C1C(c1ccc(=O)n(C)c1)=C2. The van der Waals surface area contributed by atoms with E-state index in [1.54, 1.807) is 33.2 Å². The van der Waals surface area contributed by atoms with Crippen molar-refractivity contribution in [3.8, 4) is 0 Å². The molecule has 3 aromatic rings. The maximum atomic E-state index is 14.8. The number of aromatic nitrogens is 3. The zero-order chi connectivity index (χ0) is 25.8. The third kappa shape index (κ3) is 4.04. The molecule has 0 unspecified atom stereocenters. The lowest BCUT2D eigenvalue weighted by Crippen LogP contribution is -2.33. The second kappa shape index (κ2) is 8.58. The molecule has 7 nitrogen and oxygen atoms in total. The second-order valence-electron chi connectivity index (χ2n) is 8.71. The first kappa shape index (κ1) is 23.7. The molecule has 0 radical (unpaired) electrons. The van der Waals surface area contributed by atoms with Crippen molar-refractivity contribution in [3.63, 3.8) is 0 Å². The van der Waals surface area contributed by atoms with Gasteiger partial charge in [-0.25, -0.2) is 14.4 Å². The molecule has 0 fully saturated rings. The number of fused-ring (bicyclic) bond motifs is 3. The molecule has 0 amide bonds. The summed E-state index contributed by atoms with van der Waals surface area (Å²) in [4.78, 5) is 27.6. The Morgan fingerprint density at radius 1 is 1.14 bits per heavy atom. The number of aliphatic imine (C=N–C) groups is 1. The molecule has 36 heavy (non-hydrogen) atoms. The number of anilines is 2. The van der Waals surface area contributed by atoms with Crippen LogP contribution in [0.3, 0.4) is 0 Å². The lowest BCUT2D eigenvalue weighted by molar-refractivity contribution is -0.140. The minimum atomic E-state index is -4.80. The zero-order valence-corrected chi connectivity index (χ0v) is 19.7. The average Bonchev–Trinajstić information content (AvgIpc) is 3.30. The van der Waals surface area contributed by atoms with Crippen molar-refractivity contribution >= 4 is 29.1 Å². The Morgan fingerprint density at radius 2 is 1.92 bits per heavy atom. The molecular formula is C25H22F4N6O. The maximum absolute atomic E-state index is 14.8. The predicted molar refractivity (Wildman–Crippen MR) is 129 cm³/mol. The van der Waals surface area contributed by atoms with Crippen molar-refractivity contribution in [1.29, 1.82) is 0 Å². The normalized spacial score (nSPS) is 15.7. The highest BCUT2D eigenvalue weighted by molar-refractivity contribution is 6.36. The maximum Gasteiger partial charge on any atom is 0.419 e. The van der Waals surface area contributed by atoms with Crippen LogP contribution >= 0.6 is 0 Å². The van der Waals surface area contributed by atoms with Crippen molar-refractivity contribution in [1.82, 2.24) is 14.5 Å². The van der Waals surface area contributed by atoms with E-state index in [2.05, 4.69) is 20.3 Å². The molecule has 5 rings (SSSR count). The lowest BCUT2D eigenvalue weighted by Gasteiger charge is -2.29. The summed E-state index contributed by atoms with van der Waals surface area (Å²) in [6.45, 7) is 4.42. The van der Waals surface area contributed by atoms with Crippen LogP contribution < -0.4 is 15.8 Å². The van der Waals surface area contributed by atoms with Crippen molar-refractivity contribution in [3.05, 3.63) is 80.8 Å². The second-order valence-corrected chi connectivity index (χ2v) is 8.71. The van der Waals surface area contributed by atoms with E-state index in [1.165, 1.54) is 22.8 Å². The third-order valence-electron chi connectivity index (χ3n) is 6.21. The van der Waals surface area contributed by atoms with E-state index < -0.39 is 23.6 Å². The van der Waals surface area contributed by atoms with Gasteiger partial charge in [0.2, 0.25) is 5.56 Å². The molecule has 0 spiro atoms. The van der Waals surface area contributed by atoms with E-state index >= 15 is 0 Å². The molecule has 0 aliphatic carbocycles. The van der Waals surface area contributed by atoms with Gasteiger partial charge in [0, 0.05) is 42.6 Å². The fourth-order valence-corrected chi connectivity index (χ4v) is 4.46. The largest absolute Gasteiger partial charge is 0.419 e. The summed E-state index contributed by atoms with van der Waals surface area (Å²) in [5.41, 5.74) is 0.519. The number of benzene rings is 1. The van der Waals surface area contributed by atoms with Gasteiger partial charge in [0.05, 0.1) is 23.7 Å². The monoisotopic (exact) mass is 498 g/mol. The van der Waals surface area contributed by atoms with Gasteiger partial charge in [-0.1, -0.05) is 12.1 Å². The number of halogens is 4. The van der Waals surface area contributed by atoms with Crippen molar-refractivity contribution in [2.75, 3.05) is 23.3 Å². The summed E-state index contributed by atoms with van der Waals surface area (Å²) in [7, 11) is 1.65. The lowest BCUT2D eigenvalue weighted by atomic mass is 9.98. The van der Waals surface area contributed by atoms with Gasteiger partial charge in [-0.2, -0.15) is 13.2 Å². The van der Waals surface area contributed by atoms with Crippen LogP contribution in [0.5, 0.6) is 0 Å². The van der Waals surface area contributed by atoms with E-state index in [1.807, 2.05) is 11.0 Å². The molecule has 186 valence electrons. The van der Waals surface area contributed by atoms with Crippen LogP contribution in [0.15, 0.2) is 46.3 Å². The van der Waals surface area contributed by atoms with E-state index in [9.17, 15) is 22.4 Å². The molecule has 2 aromatic heterocycles. The predicted octanol–water partition coefficient (Wildman–Crippen LogP) is 4.59. The molecule has 0 saturated carbocycles. The standard InChI is InChI=1S/C25H22F4N6O/c1-13(16-5-4-6-19(21(16)26)25(27,28)29)31-22-18-11-17(15-7-8-20(36)34(3)12-15)23-30-9-10-35(23)24(18)33-14(2)32-22/h4-8,11-13H,9-10H2,1-3H3,(H,31,32,33)/t13-/m1/s1. The number of nitrogens with zero attached hydrogens (tertiary/aromatic N) is 5. The van der Waals surface area contributed by atoms with Crippen LogP contribution in [-0.4, -0.2) is 33.5 Å². The molecule has 1 atom stereocenters. The highest BCUT2D eigenvalue weighted by atomic mass is 19.4. The highest BCUT2D eigenvalue weighted by Crippen LogP contribution is 2.39. The van der Waals surface area contributed by atoms with Gasteiger partial charge in [-0.05, 0) is 32.1 Å². The van der Waals surface area contributed by atoms with E-state index in [4.69, 9.17) is 0 Å². The van der Waals surface area contributed by atoms with Crippen molar-refractivity contribution in [2.24, 2.45) is 12.0 Å². The molecule has 0 saturated heterocycles. The van der Waals surface area contributed by atoms with E-state index in [0.29, 0.717) is 41.9 Å². The summed E-state index contributed by atoms with van der Waals surface area (Å²) >= 11 is 0. The molecule has 0 bridgehead atoms. The first-order valence-electron chi connectivity index (χ1n) is 11.3. The van der Waals surface area contributed by atoms with Gasteiger partial charge >= 0.3 is 6.18 Å². The number of aryl methyl sites for hydroxylation is 2. The number of rotatable bonds is 4. The number of pyridine rings is 1. The summed E-state index contributed by atoms with van der Waals surface area (Å²) in [6, 6.07) is 5.58. The Bertz CT molecular complexity index is 1490. The van der Waals surface area contributed by atoms with Crippen LogP contribution in [0.2, 0.25) is 0 Å². The number of nitrogens with one attached hydrogen (secondary N) is 1. The Balaban J connectivity index is 1.61. The first-order chi connectivity index (χ1) is 17.0. The summed E-state index contributed by atoms with van der Waals surface area (Å²) < 4.78 is 56.0. The molecule has 1 N–H and O–H groups in total. The molecule has 1 aromatic carbocycles. The molecular weight excluding hydrogens is 476 g/mol. The summed E-state index contributed by atoms with van der Waals surface area (Å²) in [5, 5.41) is 3.09. The third-order valence-corrected chi connectivity index (χ3v) is 6.21. The smallest absolute Gasteiger partial charge is 0.363 e. The fourth-order valence-electron chi connectivity index (χ4n) is 4.46. The van der Waals surface area contributed by atoms with Gasteiger partial charge in [-0.3, -0.25) is 9.79 Å². The molecule has 4 heterocycles. The summed E-state index contributed by atoms with van der Waals surface area (Å²) in [5.74, 6) is 0.794. The summed E-state index contributed by atoms with van der Waals surface area (Å²) in [6.07, 6.45) is -1.25. The number of amidine groups is 1. The Kier molecular flexibility index (Phi) is 5.65. The van der Waals surface area contributed by atoms with Gasteiger partial charge in [0.15, 0.2) is 0 Å². The van der Waals surface area contributed by atoms with E-state index in [-0.39, 0.29) is 11.1 Å². The Labute approximate surface area is 203 Å². The molecule has 2 aliphatic rings. The van der Waals surface area contributed by atoms with Gasteiger partial charge < -0.3 is 14.8 Å². The number of hydrogen-bond donors (Lipinski definition) is 1. The molecule has 2 aliphatic heterocycles. The minimum absolute atomic E-state index is 0.128. The van der Waals surface area contributed by atoms with Crippen LogP contribution in [0.4, 0.5) is 29.2 Å². The quantitative estimate of drug-likeness (QED) is 0.533. The number of hydrogen-bond acceptors (Lipinski definition) is 6. The van der Waals surface area contributed by atoms with Crippen molar-refractivity contribution < 1.29 is 17.6 Å². The number of alkyl halides is 3. The van der Waals surface area contributed by atoms with Crippen molar-refractivity contribution in [2.45, 2.75) is 26.1 Å². The average molecular weight is 498 g/mol. The van der Waals surface area contributed by atoms with E-state index in [0.717, 1.165) is 17.2 Å². The van der Waals surface area contributed by atoms with Crippen LogP contribution in [0.25, 0.3) is 11.6 Å². The zero-order valence-electron chi connectivity index (χ0n) is 19.7.